The van der Waals surface area contributed by atoms with Crippen molar-refractivity contribution in [1.29, 1.82) is 0 Å². The fourth-order valence-corrected chi connectivity index (χ4v) is 4.99. The van der Waals surface area contributed by atoms with Crippen molar-refractivity contribution in [2.45, 2.75) is 50.9 Å². The van der Waals surface area contributed by atoms with Gasteiger partial charge in [-0.25, -0.2) is 18.0 Å². The van der Waals surface area contributed by atoms with Crippen LogP contribution in [0.3, 0.4) is 0 Å². The molecule has 0 aliphatic heterocycles. The Morgan fingerprint density at radius 1 is 0.941 bits per heavy atom. The van der Waals surface area contributed by atoms with Gasteiger partial charge in [0.2, 0.25) is 0 Å². The van der Waals surface area contributed by atoms with Crippen molar-refractivity contribution in [3.05, 3.63) is 99.8 Å². The van der Waals surface area contributed by atoms with E-state index in [1.807, 2.05) is 6.07 Å². The van der Waals surface area contributed by atoms with Crippen LogP contribution in [-0.2, 0) is 0 Å². The number of benzene rings is 3. The van der Waals surface area contributed by atoms with E-state index in [-0.39, 0.29) is 16.7 Å². The second-order valence-corrected chi connectivity index (χ2v) is 9.50. The van der Waals surface area contributed by atoms with E-state index >= 15 is 0 Å². The summed E-state index contributed by atoms with van der Waals surface area (Å²) in [5.41, 5.74) is 1.10. The van der Waals surface area contributed by atoms with E-state index in [0.29, 0.717) is 17.4 Å². The third kappa shape index (κ3) is 5.64. The normalized spacial score (nSPS) is 19.0. The first-order valence-electron chi connectivity index (χ1n) is 11.5. The maximum absolute atomic E-state index is 14.8. The molecule has 34 heavy (non-hydrogen) atoms. The zero-order chi connectivity index (χ0) is 24.2. The third-order valence-electron chi connectivity index (χ3n) is 6.74. The van der Waals surface area contributed by atoms with Crippen molar-refractivity contribution < 1.29 is 22.7 Å². The molecule has 1 aliphatic rings. The van der Waals surface area contributed by atoms with Gasteiger partial charge in [0.25, 0.3) is 0 Å². The highest BCUT2D eigenvalue weighted by molar-refractivity contribution is 6.30. The van der Waals surface area contributed by atoms with Crippen LogP contribution in [0.2, 0.25) is 5.02 Å². The first-order chi connectivity index (χ1) is 16.3. The largest absolute Gasteiger partial charge is 0.423 e. The molecule has 3 aromatic carbocycles. The summed E-state index contributed by atoms with van der Waals surface area (Å²) in [6, 6.07) is 16.2. The van der Waals surface area contributed by atoms with Crippen molar-refractivity contribution in [3.8, 4) is 5.75 Å². The zero-order valence-corrected chi connectivity index (χ0v) is 19.6. The van der Waals surface area contributed by atoms with Gasteiger partial charge in [0.1, 0.15) is 28.8 Å². The quantitative estimate of drug-likeness (QED) is 0.258. The Kier molecular flexibility index (Phi) is 7.62. The summed E-state index contributed by atoms with van der Waals surface area (Å²) in [4.78, 5) is 12.3. The van der Waals surface area contributed by atoms with Gasteiger partial charge >= 0.3 is 5.97 Å². The Morgan fingerprint density at radius 3 is 2.21 bits per heavy atom. The molecule has 0 N–H and O–H groups in total. The maximum Gasteiger partial charge on any atom is 0.349 e. The number of rotatable bonds is 6. The lowest BCUT2D eigenvalue weighted by molar-refractivity contribution is 0.0724. The number of esters is 1. The van der Waals surface area contributed by atoms with E-state index in [2.05, 4.69) is 31.2 Å². The van der Waals surface area contributed by atoms with E-state index < -0.39 is 29.0 Å². The smallest absolute Gasteiger partial charge is 0.349 e. The number of halogens is 4. The molecule has 178 valence electrons. The second kappa shape index (κ2) is 10.6. The lowest BCUT2D eigenvalue weighted by Crippen LogP contribution is -2.17. The minimum absolute atomic E-state index is 0.0442. The number of hydrogen-bond donors (Lipinski definition) is 0. The van der Waals surface area contributed by atoms with Crippen LogP contribution < -0.4 is 4.74 Å². The molecule has 0 radical (unpaired) electrons. The second-order valence-electron chi connectivity index (χ2n) is 9.09. The Balaban J connectivity index is 1.39. The average Bonchev–Trinajstić information content (AvgIpc) is 2.82. The molecule has 0 spiro atoms. The molecular formula is C28H26ClF3O2. The van der Waals surface area contributed by atoms with Crippen LogP contribution in [0, 0.1) is 23.4 Å². The number of carbonyl (C=O) groups excluding carboxylic acids is 1. The minimum Gasteiger partial charge on any atom is -0.423 e. The molecule has 0 saturated heterocycles. The van der Waals surface area contributed by atoms with E-state index in [0.717, 1.165) is 38.2 Å². The minimum atomic E-state index is -1.22. The highest BCUT2D eigenvalue weighted by atomic mass is 35.5. The Morgan fingerprint density at radius 2 is 1.59 bits per heavy atom. The van der Waals surface area contributed by atoms with Crippen molar-refractivity contribution in [3.63, 3.8) is 0 Å². The monoisotopic (exact) mass is 486 g/mol. The van der Waals surface area contributed by atoms with Gasteiger partial charge < -0.3 is 4.74 Å². The number of ether oxygens (including phenoxy) is 1. The molecule has 0 bridgehead atoms. The molecule has 0 amide bonds. The fourth-order valence-electron chi connectivity index (χ4n) is 4.87. The van der Waals surface area contributed by atoms with Crippen molar-refractivity contribution in [1.82, 2.24) is 0 Å². The van der Waals surface area contributed by atoms with Gasteiger partial charge in [-0.15, -0.1) is 0 Å². The average molecular weight is 487 g/mol. The summed E-state index contributed by atoms with van der Waals surface area (Å²) in [5, 5.41) is -0.147. The van der Waals surface area contributed by atoms with Crippen LogP contribution in [0.5, 0.6) is 5.75 Å². The van der Waals surface area contributed by atoms with Gasteiger partial charge in [-0.1, -0.05) is 48.9 Å². The molecule has 3 aromatic rings. The molecule has 1 aliphatic carbocycles. The van der Waals surface area contributed by atoms with E-state index in [1.54, 1.807) is 0 Å². The molecule has 0 aromatic heterocycles. The van der Waals surface area contributed by atoms with E-state index in [9.17, 15) is 18.0 Å². The molecular weight excluding hydrogens is 461 g/mol. The first kappa shape index (κ1) is 24.3. The van der Waals surface area contributed by atoms with E-state index in [1.165, 1.54) is 29.8 Å². The summed E-state index contributed by atoms with van der Waals surface area (Å²) in [6.45, 7) is 2.24. The lowest BCUT2D eigenvalue weighted by Gasteiger charge is -2.30. The van der Waals surface area contributed by atoms with Crippen LogP contribution >= 0.6 is 11.6 Å². The summed E-state index contributed by atoms with van der Waals surface area (Å²) >= 11 is 5.60. The molecule has 0 heterocycles. The van der Waals surface area contributed by atoms with Crippen molar-refractivity contribution in [2.24, 2.45) is 5.92 Å². The predicted molar refractivity (Wildman–Crippen MR) is 127 cm³/mol. The van der Waals surface area contributed by atoms with Gasteiger partial charge in [-0.3, -0.25) is 0 Å². The Hall–Kier alpha value is -2.79. The van der Waals surface area contributed by atoms with Gasteiger partial charge in [0.05, 0.1) is 5.02 Å². The SMILES string of the molecule is CC(CC1CCC(c2cc(F)c(C(=O)Oc3ccc(Cl)c(F)c3)c(F)c2)CC1)c1ccccc1. The van der Waals surface area contributed by atoms with Crippen LogP contribution in [0.15, 0.2) is 60.7 Å². The number of hydrogen-bond acceptors (Lipinski definition) is 2. The zero-order valence-electron chi connectivity index (χ0n) is 18.9. The molecule has 1 saturated carbocycles. The van der Waals surface area contributed by atoms with Crippen LogP contribution in [0.25, 0.3) is 0 Å². The Labute approximate surface area is 202 Å². The first-order valence-corrected chi connectivity index (χ1v) is 11.9. The van der Waals surface area contributed by atoms with Gasteiger partial charge in [-0.05, 0) is 85.3 Å². The van der Waals surface area contributed by atoms with Crippen LogP contribution in [0.1, 0.15) is 72.3 Å². The summed E-state index contributed by atoms with van der Waals surface area (Å²) in [6.07, 6.45) is 4.78. The molecule has 1 unspecified atom stereocenters. The topological polar surface area (TPSA) is 26.3 Å². The highest BCUT2D eigenvalue weighted by Crippen LogP contribution is 2.40. The molecule has 6 heteroatoms. The summed E-state index contributed by atoms with van der Waals surface area (Å²) < 4.78 is 48.0. The summed E-state index contributed by atoms with van der Waals surface area (Å²) in [7, 11) is 0. The highest BCUT2D eigenvalue weighted by Gasteiger charge is 2.27. The third-order valence-corrected chi connectivity index (χ3v) is 7.05. The summed E-state index contributed by atoms with van der Waals surface area (Å²) in [5.74, 6) is -3.06. The van der Waals surface area contributed by atoms with Gasteiger partial charge in [-0.2, -0.15) is 0 Å². The van der Waals surface area contributed by atoms with Gasteiger partial charge in [0.15, 0.2) is 0 Å². The maximum atomic E-state index is 14.8. The Bertz CT molecular complexity index is 1130. The fraction of sp³-hybridized carbons (Fsp3) is 0.321. The van der Waals surface area contributed by atoms with Crippen LogP contribution in [0.4, 0.5) is 13.2 Å². The molecule has 2 nitrogen and oxygen atoms in total. The lowest BCUT2D eigenvalue weighted by atomic mass is 9.75. The standard InChI is InChI=1S/C28H26ClF3O2/c1-17(19-5-3-2-4-6-19)13-18-7-9-20(10-8-18)21-14-25(31)27(26(32)15-21)28(33)34-22-11-12-23(29)24(30)16-22/h2-6,11-12,14-18,20H,7-10,13H2,1H3. The van der Waals surface area contributed by atoms with Gasteiger partial charge in [0, 0.05) is 6.07 Å². The predicted octanol–water partition coefficient (Wildman–Crippen LogP) is 8.44. The van der Waals surface area contributed by atoms with Crippen molar-refractivity contribution in [2.75, 3.05) is 0 Å². The molecule has 1 fully saturated rings. The van der Waals surface area contributed by atoms with Crippen molar-refractivity contribution >= 4 is 17.6 Å². The van der Waals surface area contributed by atoms with Crippen LogP contribution in [-0.4, -0.2) is 5.97 Å². The number of carbonyl (C=O) groups is 1. The molecule has 1 atom stereocenters. The molecule has 4 rings (SSSR count). The van der Waals surface area contributed by atoms with E-state index in [4.69, 9.17) is 16.3 Å².